The Kier molecular flexibility index (Phi) is 4.29. The van der Waals surface area contributed by atoms with E-state index in [4.69, 9.17) is 0 Å². The molecule has 0 spiro atoms. The summed E-state index contributed by atoms with van der Waals surface area (Å²) in [5, 5.41) is 6.60. The summed E-state index contributed by atoms with van der Waals surface area (Å²) in [6.07, 6.45) is 5.17. The van der Waals surface area contributed by atoms with Crippen molar-refractivity contribution in [1.29, 1.82) is 0 Å². The second-order valence-electron chi connectivity index (χ2n) is 6.99. The summed E-state index contributed by atoms with van der Waals surface area (Å²) in [4.78, 5) is 12.1. The lowest BCUT2D eigenvalue weighted by Gasteiger charge is -2.33. The third-order valence-corrected chi connectivity index (χ3v) is 5.13. The zero-order chi connectivity index (χ0) is 14.7. The van der Waals surface area contributed by atoms with E-state index in [0.717, 1.165) is 25.9 Å². The van der Waals surface area contributed by atoms with Crippen molar-refractivity contribution in [1.82, 2.24) is 10.6 Å². The summed E-state index contributed by atoms with van der Waals surface area (Å²) in [7, 11) is 0. The van der Waals surface area contributed by atoms with E-state index in [0.29, 0.717) is 23.8 Å². The Morgan fingerprint density at radius 2 is 2.00 bits per heavy atom. The molecule has 1 saturated carbocycles. The van der Waals surface area contributed by atoms with Crippen molar-refractivity contribution in [2.75, 3.05) is 13.1 Å². The molecule has 1 amide bonds. The fourth-order valence-electron chi connectivity index (χ4n) is 3.40. The van der Waals surface area contributed by atoms with Gasteiger partial charge < -0.3 is 10.6 Å². The van der Waals surface area contributed by atoms with Gasteiger partial charge >= 0.3 is 0 Å². The molecule has 1 saturated heterocycles. The first-order valence-corrected chi connectivity index (χ1v) is 8.21. The largest absolute Gasteiger partial charge is 0.353 e. The van der Waals surface area contributed by atoms with Crippen molar-refractivity contribution >= 4 is 5.91 Å². The molecule has 2 aliphatic rings. The van der Waals surface area contributed by atoms with Crippen LogP contribution in [-0.4, -0.2) is 25.0 Å². The molecule has 3 heteroatoms. The molecule has 2 fully saturated rings. The number of piperidine rings is 1. The molecule has 21 heavy (non-hydrogen) atoms. The van der Waals surface area contributed by atoms with Gasteiger partial charge in [-0.15, -0.1) is 0 Å². The highest BCUT2D eigenvalue weighted by molar-refractivity contribution is 5.76. The SMILES string of the molecule is CC1(CCC(=O)N[C@@H]2C[C@H]2c2ccccc2)CCNCC1. The van der Waals surface area contributed by atoms with Crippen molar-refractivity contribution in [2.45, 2.75) is 51.0 Å². The molecular formula is C18H26N2O. The number of benzene rings is 1. The maximum absolute atomic E-state index is 12.1. The minimum absolute atomic E-state index is 0.234. The molecule has 1 heterocycles. The topological polar surface area (TPSA) is 41.1 Å². The van der Waals surface area contributed by atoms with Crippen LogP contribution in [0.4, 0.5) is 0 Å². The summed E-state index contributed by atoms with van der Waals surface area (Å²) < 4.78 is 0. The van der Waals surface area contributed by atoms with Crippen LogP contribution in [0.1, 0.15) is 50.5 Å². The number of nitrogens with one attached hydrogen (secondary N) is 2. The fraction of sp³-hybridized carbons (Fsp3) is 0.611. The Hall–Kier alpha value is -1.35. The van der Waals surface area contributed by atoms with Gasteiger partial charge in [-0.1, -0.05) is 37.3 Å². The maximum atomic E-state index is 12.1. The smallest absolute Gasteiger partial charge is 0.220 e. The molecule has 3 rings (SSSR count). The molecule has 0 bridgehead atoms. The van der Waals surface area contributed by atoms with Crippen LogP contribution < -0.4 is 10.6 Å². The van der Waals surface area contributed by atoms with Crippen LogP contribution in [0.2, 0.25) is 0 Å². The number of rotatable bonds is 5. The summed E-state index contributed by atoms with van der Waals surface area (Å²) in [6, 6.07) is 10.9. The van der Waals surface area contributed by atoms with E-state index in [1.165, 1.54) is 18.4 Å². The van der Waals surface area contributed by atoms with Gasteiger partial charge in [0.05, 0.1) is 0 Å². The molecular weight excluding hydrogens is 260 g/mol. The van der Waals surface area contributed by atoms with Gasteiger partial charge in [-0.25, -0.2) is 0 Å². The van der Waals surface area contributed by atoms with Crippen molar-refractivity contribution in [3.8, 4) is 0 Å². The fourth-order valence-corrected chi connectivity index (χ4v) is 3.40. The normalized spacial score (nSPS) is 27.1. The molecule has 0 radical (unpaired) electrons. The zero-order valence-electron chi connectivity index (χ0n) is 12.9. The van der Waals surface area contributed by atoms with Gasteiger partial charge in [0.25, 0.3) is 0 Å². The summed E-state index contributed by atoms with van der Waals surface area (Å²) in [6.45, 7) is 4.51. The highest BCUT2D eigenvalue weighted by atomic mass is 16.1. The standard InChI is InChI=1S/C18H26N2O/c1-18(9-11-19-12-10-18)8-7-17(21)20-16-13-15(16)14-5-3-2-4-6-14/h2-6,15-16,19H,7-13H2,1H3,(H,20,21)/t15-,16+/m0/s1. The predicted molar refractivity (Wildman–Crippen MR) is 85.2 cm³/mol. The molecule has 1 aliphatic heterocycles. The lowest BCUT2D eigenvalue weighted by Crippen LogP contribution is -2.36. The molecule has 2 N–H and O–H groups in total. The Morgan fingerprint density at radius 1 is 1.29 bits per heavy atom. The van der Waals surface area contributed by atoms with Gasteiger partial charge in [0.1, 0.15) is 0 Å². The van der Waals surface area contributed by atoms with E-state index in [2.05, 4.69) is 41.8 Å². The van der Waals surface area contributed by atoms with E-state index < -0.39 is 0 Å². The second kappa shape index (κ2) is 6.18. The maximum Gasteiger partial charge on any atom is 0.220 e. The van der Waals surface area contributed by atoms with E-state index in [9.17, 15) is 4.79 Å². The van der Waals surface area contributed by atoms with Crippen LogP contribution in [0, 0.1) is 5.41 Å². The van der Waals surface area contributed by atoms with Gasteiger partial charge in [-0.3, -0.25) is 4.79 Å². The Morgan fingerprint density at radius 3 is 2.71 bits per heavy atom. The molecule has 1 aliphatic carbocycles. The van der Waals surface area contributed by atoms with Gasteiger partial charge in [0.15, 0.2) is 0 Å². The molecule has 2 atom stereocenters. The van der Waals surface area contributed by atoms with Crippen LogP contribution >= 0.6 is 0 Å². The average Bonchev–Trinajstić information content (AvgIpc) is 3.26. The number of amides is 1. The lowest BCUT2D eigenvalue weighted by molar-refractivity contribution is -0.121. The third kappa shape index (κ3) is 3.85. The zero-order valence-corrected chi connectivity index (χ0v) is 12.9. The van der Waals surface area contributed by atoms with E-state index in [-0.39, 0.29) is 5.91 Å². The van der Waals surface area contributed by atoms with Crippen LogP contribution in [-0.2, 0) is 4.79 Å². The first-order chi connectivity index (χ1) is 10.2. The highest BCUT2D eigenvalue weighted by Gasteiger charge is 2.39. The van der Waals surface area contributed by atoms with Crippen LogP contribution in [0.3, 0.4) is 0 Å². The molecule has 3 nitrogen and oxygen atoms in total. The second-order valence-corrected chi connectivity index (χ2v) is 6.99. The van der Waals surface area contributed by atoms with Crippen molar-refractivity contribution in [2.24, 2.45) is 5.41 Å². The molecule has 0 aromatic heterocycles. The monoisotopic (exact) mass is 286 g/mol. The van der Waals surface area contributed by atoms with Crippen LogP contribution in [0.5, 0.6) is 0 Å². The van der Waals surface area contributed by atoms with Gasteiger partial charge in [0.2, 0.25) is 5.91 Å². The Bertz CT molecular complexity index is 479. The van der Waals surface area contributed by atoms with Gasteiger partial charge in [-0.2, -0.15) is 0 Å². The quantitative estimate of drug-likeness (QED) is 0.874. The van der Waals surface area contributed by atoms with Crippen molar-refractivity contribution in [3.63, 3.8) is 0 Å². The minimum Gasteiger partial charge on any atom is -0.353 e. The van der Waals surface area contributed by atoms with Crippen molar-refractivity contribution in [3.05, 3.63) is 35.9 Å². The molecule has 1 aromatic rings. The third-order valence-electron chi connectivity index (χ3n) is 5.13. The summed E-state index contributed by atoms with van der Waals surface area (Å²) >= 11 is 0. The minimum atomic E-state index is 0.234. The first-order valence-electron chi connectivity index (χ1n) is 8.21. The van der Waals surface area contributed by atoms with E-state index in [1.807, 2.05) is 6.07 Å². The molecule has 1 aromatic carbocycles. The Labute approximate surface area is 127 Å². The van der Waals surface area contributed by atoms with Crippen LogP contribution in [0.15, 0.2) is 30.3 Å². The first kappa shape index (κ1) is 14.6. The number of hydrogen-bond acceptors (Lipinski definition) is 2. The van der Waals surface area contributed by atoms with E-state index in [1.54, 1.807) is 0 Å². The van der Waals surface area contributed by atoms with Crippen LogP contribution in [0.25, 0.3) is 0 Å². The Balaban J connectivity index is 1.41. The molecule has 114 valence electrons. The van der Waals surface area contributed by atoms with Crippen molar-refractivity contribution < 1.29 is 4.79 Å². The lowest BCUT2D eigenvalue weighted by atomic mass is 9.77. The highest BCUT2D eigenvalue weighted by Crippen LogP contribution is 2.41. The van der Waals surface area contributed by atoms with Gasteiger partial charge in [-0.05, 0) is 49.8 Å². The van der Waals surface area contributed by atoms with E-state index >= 15 is 0 Å². The number of carbonyl (C=O) groups excluding carboxylic acids is 1. The average molecular weight is 286 g/mol. The summed E-state index contributed by atoms with van der Waals surface area (Å²) in [5.41, 5.74) is 1.71. The number of carbonyl (C=O) groups is 1. The number of hydrogen-bond donors (Lipinski definition) is 2. The summed E-state index contributed by atoms with van der Waals surface area (Å²) in [5.74, 6) is 0.766. The predicted octanol–water partition coefficient (Wildman–Crippen LogP) is 2.83. The molecule has 0 unspecified atom stereocenters. The van der Waals surface area contributed by atoms with Gasteiger partial charge in [0, 0.05) is 18.4 Å².